The third kappa shape index (κ3) is 3.11. The van der Waals surface area contributed by atoms with Gasteiger partial charge in [0.05, 0.1) is 16.8 Å². The van der Waals surface area contributed by atoms with Crippen molar-refractivity contribution in [1.29, 1.82) is 0 Å². The minimum atomic E-state index is -0.601. The molecule has 26 heavy (non-hydrogen) atoms. The quantitative estimate of drug-likeness (QED) is 0.474. The van der Waals surface area contributed by atoms with Crippen LogP contribution < -0.4 is 5.32 Å². The smallest absolute Gasteiger partial charge is 0.258 e. The monoisotopic (exact) mass is 410 g/mol. The fraction of sp³-hybridized carbons (Fsp3) is 0. The lowest BCUT2D eigenvalue weighted by Gasteiger charge is -2.09. The van der Waals surface area contributed by atoms with E-state index in [1.165, 1.54) is 12.1 Å². The van der Waals surface area contributed by atoms with Crippen LogP contribution >= 0.6 is 15.9 Å². The largest absolute Gasteiger partial charge is 0.436 e. The molecule has 3 aromatic carbocycles. The van der Waals surface area contributed by atoms with Crippen molar-refractivity contribution < 1.29 is 13.6 Å². The van der Waals surface area contributed by atoms with Gasteiger partial charge in [-0.2, -0.15) is 0 Å². The maximum Gasteiger partial charge on any atom is 0.258 e. The van der Waals surface area contributed by atoms with Crippen LogP contribution in [0.1, 0.15) is 10.4 Å². The number of amides is 1. The minimum absolute atomic E-state index is 0.0411. The summed E-state index contributed by atoms with van der Waals surface area (Å²) in [6.07, 6.45) is 0. The van der Waals surface area contributed by atoms with Gasteiger partial charge in [-0.3, -0.25) is 4.79 Å². The van der Waals surface area contributed by atoms with Crippen molar-refractivity contribution in [2.75, 3.05) is 5.32 Å². The van der Waals surface area contributed by atoms with E-state index in [4.69, 9.17) is 4.42 Å². The molecule has 128 valence electrons. The van der Waals surface area contributed by atoms with Gasteiger partial charge in [0.1, 0.15) is 11.3 Å². The number of carbonyl (C=O) groups excluding carboxylic acids is 1. The fourth-order valence-corrected chi connectivity index (χ4v) is 2.96. The molecule has 1 heterocycles. The molecular formula is C20H12BrFN2O2. The van der Waals surface area contributed by atoms with Crippen molar-refractivity contribution in [2.45, 2.75) is 0 Å². The predicted octanol–water partition coefficient (Wildman–Crippen LogP) is 5.65. The van der Waals surface area contributed by atoms with E-state index in [9.17, 15) is 9.18 Å². The number of hydrogen-bond donors (Lipinski definition) is 1. The topological polar surface area (TPSA) is 55.1 Å². The summed E-state index contributed by atoms with van der Waals surface area (Å²) in [7, 11) is 0. The van der Waals surface area contributed by atoms with Gasteiger partial charge in [-0.25, -0.2) is 9.37 Å². The molecule has 4 nitrogen and oxygen atoms in total. The van der Waals surface area contributed by atoms with Crippen LogP contribution in [0, 0.1) is 5.82 Å². The highest BCUT2D eigenvalue weighted by atomic mass is 79.9. The number of anilines is 1. The van der Waals surface area contributed by atoms with Gasteiger partial charge in [0.25, 0.3) is 5.91 Å². The Balaban J connectivity index is 1.70. The summed E-state index contributed by atoms with van der Waals surface area (Å²) >= 11 is 3.18. The van der Waals surface area contributed by atoms with E-state index in [-0.39, 0.29) is 5.56 Å². The number of nitrogens with zero attached hydrogens (tertiary/aromatic N) is 1. The van der Waals surface area contributed by atoms with Gasteiger partial charge in [0, 0.05) is 4.47 Å². The predicted molar refractivity (Wildman–Crippen MR) is 101 cm³/mol. The molecule has 0 aliphatic rings. The van der Waals surface area contributed by atoms with Crippen LogP contribution in [0.4, 0.5) is 10.1 Å². The molecule has 0 radical (unpaired) electrons. The molecule has 6 heteroatoms. The average molecular weight is 411 g/mol. The summed E-state index contributed by atoms with van der Waals surface area (Å²) in [5, 5.41) is 2.74. The molecule has 0 saturated carbocycles. The summed E-state index contributed by atoms with van der Waals surface area (Å²) in [4.78, 5) is 16.9. The van der Waals surface area contributed by atoms with Gasteiger partial charge in [0.2, 0.25) is 5.89 Å². The fourth-order valence-electron chi connectivity index (χ4n) is 2.63. The zero-order valence-electron chi connectivity index (χ0n) is 13.4. The summed E-state index contributed by atoms with van der Waals surface area (Å²) in [5.41, 5.74) is 2.45. The number of carbonyl (C=O) groups is 1. The van der Waals surface area contributed by atoms with E-state index in [2.05, 4.69) is 26.2 Å². The second-order valence-electron chi connectivity index (χ2n) is 5.61. The molecule has 1 aromatic heterocycles. The van der Waals surface area contributed by atoms with Crippen LogP contribution in [-0.2, 0) is 0 Å². The maximum atomic E-state index is 14.0. The van der Waals surface area contributed by atoms with Gasteiger partial charge in [-0.1, -0.05) is 40.2 Å². The summed E-state index contributed by atoms with van der Waals surface area (Å²) < 4.78 is 20.4. The van der Waals surface area contributed by atoms with Crippen LogP contribution in [0.2, 0.25) is 0 Å². The first-order chi connectivity index (χ1) is 12.6. The van der Waals surface area contributed by atoms with Crippen LogP contribution in [0.3, 0.4) is 0 Å². The lowest BCUT2D eigenvalue weighted by atomic mass is 10.1. The summed E-state index contributed by atoms with van der Waals surface area (Å²) in [5.74, 6) is -0.756. The van der Waals surface area contributed by atoms with Crippen LogP contribution in [-0.4, -0.2) is 10.9 Å². The highest BCUT2D eigenvalue weighted by molar-refractivity contribution is 9.10. The minimum Gasteiger partial charge on any atom is -0.436 e. The lowest BCUT2D eigenvalue weighted by Crippen LogP contribution is -2.14. The number of oxazole rings is 1. The molecule has 0 spiro atoms. The Morgan fingerprint density at radius 2 is 1.81 bits per heavy atom. The second-order valence-corrected chi connectivity index (χ2v) is 6.53. The molecule has 1 N–H and O–H groups in total. The van der Waals surface area contributed by atoms with Crippen molar-refractivity contribution in [2.24, 2.45) is 0 Å². The van der Waals surface area contributed by atoms with Gasteiger partial charge >= 0.3 is 0 Å². The van der Waals surface area contributed by atoms with Crippen molar-refractivity contribution >= 4 is 38.6 Å². The SMILES string of the molecule is O=C(Nc1ccccc1-c1nc2ccccc2o1)c1ccc(Br)cc1F. The zero-order valence-corrected chi connectivity index (χ0v) is 15.0. The number of halogens is 2. The van der Waals surface area contributed by atoms with Crippen LogP contribution in [0.25, 0.3) is 22.6 Å². The molecule has 4 aromatic rings. The first-order valence-corrected chi connectivity index (χ1v) is 8.62. The molecular weight excluding hydrogens is 399 g/mol. The molecule has 0 fully saturated rings. The Kier molecular flexibility index (Phi) is 4.26. The highest BCUT2D eigenvalue weighted by Gasteiger charge is 2.16. The summed E-state index contributed by atoms with van der Waals surface area (Å²) in [6.45, 7) is 0. The van der Waals surface area contributed by atoms with Gasteiger partial charge < -0.3 is 9.73 Å². The Hall–Kier alpha value is -2.99. The third-order valence-electron chi connectivity index (χ3n) is 3.88. The van der Waals surface area contributed by atoms with Crippen molar-refractivity contribution in [3.05, 3.63) is 82.6 Å². The molecule has 1 amide bonds. The lowest BCUT2D eigenvalue weighted by molar-refractivity contribution is 0.102. The molecule has 0 aliphatic carbocycles. The van der Waals surface area contributed by atoms with Gasteiger partial charge in [-0.05, 0) is 42.5 Å². The van der Waals surface area contributed by atoms with E-state index in [1.54, 1.807) is 24.3 Å². The Morgan fingerprint density at radius 1 is 1.04 bits per heavy atom. The van der Waals surface area contributed by atoms with E-state index in [0.29, 0.717) is 27.2 Å². The normalized spacial score (nSPS) is 10.8. The average Bonchev–Trinajstić information content (AvgIpc) is 3.06. The second kappa shape index (κ2) is 6.72. The molecule has 4 rings (SSSR count). The molecule has 0 atom stereocenters. The standard InChI is InChI=1S/C20H12BrFN2O2/c21-12-9-10-13(15(22)11-12)19(25)23-16-6-2-1-5-14(16)20-24-17-7-3-4-8-18(17)26-20/h1-11H,(H,23,25). The number of para-hydroxylation sites is 3. The van der Waals surface area contributed by atoms with Crippen molar-refractivity contribution in [3.8, 4) is 11.5 Å². The first-order valence-electron chi connectivity index (χ1n) is 7.83. The molecule has 0 saturated heterocycles. The number of nitrogens with one attached hydrogen (secondary N) is 1. The van der Waals surface area contributed by atoms with E-state index in [0.717, 1.165) is 5.52 Å². The number of hydrogen-bond acceptors (Lipinski definition) is 3. The number of fused-ring (bicyclic) bond motifs is 1. The highest BCUT2D eigenvalue weighted by Crippen LogP contribution is 2.30. The van der Waals surface area contributed by atoms with Crippen molar-refractivity contribution in [1.82, 2.24) is 4.98 Å². The van der Waals surface area contributed by atoms with E-state index >= 15 is 0 Å². The molecule has 0 unspecified atom stereocenters. The van der Waals surface area contributed by atoms with E-state index in [1.807, 2.05) is 30.3 Å². The summed E-state index contributed by atoms with van der Waals surface area (Å²) in [6, 6.07) is 18.8. The molecule has 0 bridgehead atoms. The Morgan fingerprint density at radius 3 is 2.62 bits per heavy atom. The number of rotatable bonds is 3. The number of benzene rings is 3. The van der Waals surface area contributed by atoms with Gasteiger partial charge in [0.15, 0.2) is 5.58 Å². The Bertz CT molecular complexity index is 1090. The van der Waals surface area contributed by atoms with Crippen LogP contribution in [0.5, 0.6) is 0 Å². The van der Waals surface area contributed by atoms with Crippen molar-refractivity contribution in [3.63, 3.8) is 0 Å². The zero-order chi connectivity index (χ0) is 18.1. The number of aromatic nitrogens is 1. The van der Waals surface area contributed by atoms with Crippen LogP contribution in [0.15, 0.2) is 75.6 Å². The Labute approximate surface area is 156 Å². The molecule has 0 aliphatic heterocycles. The van der Waals surface area contributed by atoms with E-state index < -0.39 is 11.7 Å². The third-order valence-corrected chi connectivity index (χ3v) is 4.37. The maximum absolute atomic E-state index is 14.0. The first kappa shape index (κ1) is 16.5. The van der Waals surface area contributed by atoms with Gasteiger partial charge in [-0.15, -0.1) is 0 Å².